The second kappa shape index (κ2) is 10.7. The standard InChI is InChI=1S/C23H26ClN5O2S/c1-5-29-21(16(4)25-22(31)17-7-9-18(24)10-8-17)27-28-23(29)32-13-20(30)26-19-11-6-14(2)12-15(19)3/h6-12,16H,5,13H2,1-4H3,(H,25,31)(H,26,30)/t16-/m0/s1. The molecule has 1 heterocycles. The third-order valence-corrected chi connectivity index (χ3v) is 6.11. The average molecular weight is 472 g/mol. The summed E-state index contributed by atoms with van der Waals surface area (Å²) in [6.07, 6.45) is 0. The fourth-order valence-corrected chi connectivity index (χ4v) is 4.18. The van der Waals surface area contributed by atoms with Gasteiger partial charge < -0.3 is 15.2 Å². The van der Waals surface area contributed by atoms with Crippen molar-refractivity contribution in [2.75, 3.05) is 11.1 Å². The van der Waals surface area contributed by atoms with E-state index < -0.39 is 0 Å². The Balaban J connectivity index is 1.62. The molecule has 168 valence electrons. The van der Waals surface area contributed by atoms with Crippen molar-refractivity contribution in [3.8, 4) is 0 Å². The number of nitrogens with zero attached hydrogens (tertiary/aromatic N) is 3. The van der Waals surface area contributed by atoms with Crippen LogP contribution < -0.4 is 10.6 Å². The maximum atomic E-state index is 12.5. The zero-order valence-electron chi connectivity index (χ0n) is 18.5. The lowest BCUT2D eigenvalue weighted by Crippen LogP contribution is -2.28. The van der Waals surface area contributed by atoms with Crippen molar-refractivity contribution in [3.05, 3.63) is 70.0 Å². The van der Waals surface area contributed by atoms with Crippen LogP contribution in [0.15, 0.2) is 47.6 Å². The molecule has 2 aromatic carbocycles. The summed E-state index contributed by atoms with van der Waals surface area (Å²) in [5.74, 6) is 0.504. The molecule has 2 N–H and O–H groups in total. The molecule has 0 saturated carbocycles. The topological polar surface area (TPSA) is 88.9 Å². The fourth-order valence-electron chi connectivity index (χ4n) is 3.24. The van der Waals surface area contributed by atoms with Gasteiger partial charge in [0.25, 0.3) is 5.91 Å². The lowest BCUT2D eigenvalue weighted by Gasteiger charge is -2.15. The van der Waals surface area contributed by atoms with Crippen LogP contribution in [-0.2, 0) is 11.3 Å². The highest BCUT2D eigenvalue weighted by Gasteiger charge is 2.20. The van der Waals surface area contributed by atoms with Gasteiger partial charge in [0, 0.05) is 22.8 Å². The number of nitrogens with one attached hydrogen (secondary N) is 2. The maximum Gasteiger partial charge on any atom is 0.251 e. The predicted octanol–water partition coefficient (Wildman–Crippen LogP) is 4.79. The van der Waals surface area contributed by atoms with E-state index in [0.29, 0.717) is 28.1 Å². The molecule has 0 aliphatic heterocycles. The van der Waals surface area contributed by atoms with Gasteiger partial charge in [0.15, 0.2) is 11.0 Å². The minimum Gasteiger partial charge on any atom is -0.342 e. The minimum absolute atomic E-state index is 0.113. The van der Waals surface area contributed by atoms with Crippen molar-refractivity contribution in [1.29, 1.82) is 0 Å². The van der Waals surface area contributed by atoms with Gasteiger partial charge in [-0.3, -0.25) is 9.59 Å². The Bertz CT molecular complexity index is 1110. The number of carbonyl (C=O) groups is 2. The van der Waals surface area contributed by atoms with E-state index in [0.717, 1.165) is 16.8 Å². The van der Waals surface area contributed by atoms with E-state index in [4.69, 9.17) is 11.6 Å². The number of anilines is 1. The number of carbonyl (C=O) groups excluding carboxylic acids is 2. The summed E-state index contributed by atoms with van der Waals surface area (Å²) in [5.41, 5.74) is 3.49. The van der Waals surface area contributed by atoms with Crippen LogP contribution in [0.4, 0.5) is 5.69 Å². The molecule has 0 bridgehead atoms. The van der Waals surface area contributed by atoms with Crippen molar-refractivity contribution in [3.63, 3.8) is 0 Å². The molecule has 7 nitrogen and oxygen atoms in total. The lowest BCUT2D eigenvalue weighted by atomic mass is 10.1. The van der Waals surface area contributed by atoms with Crippen LogP contribution in [-0.4, -0.2) is 32.3 Å². The van der Waals surface area contributed by atoms with Gasteiger partial charge in [-0.15, -0.1) is 10.2 Å². The summed E-state index contributed by atoms with van der Waals surface area (Å²) in [6.45, 7) is 8.42. The molecule has 9 heteroatoms. The first kappa shape index (κ1) is 23.8. The molecule has 0 aliphatic carbocycles. The number of hydrogen-bond donors (Lipinski definition) is 2. The van der Waals surface area contributed by atoms with E-state index in [9.17, 15) is 9.59 Å². The molecular weight excluding hydrogens is 446 g/mol. The van der Waals surface area contributed by atoms with Crippen molar-refractivity contribution >= 4 is 40.9 Å². The van der Waals surface area contributed by atoms with Crippen LogP contribution in [0, 0.1) is 13.8 Å². The van der Waals surface area contributed by atoms with Crippen molar-refractivity contribution in [2.24, 2.45) is 0 Å². The number of rotatable bonds is 8. The second-order valence-corrected chi connectivity index (χ2v) is 8.82. The van der Waals surface area contributed by atoms with Gasteiger partial charge in [0.2, 0.25) is 5.91 Å². The van der Waals surface area contributed by atoms with Gasteiger partial charge in [0.05, 0.1) is 11.8 Å². The number of aryl methyl sites for hydroxylation is 2. The lowest BCUT2D eigenvalue weighted by molar-refractivity contribution is -0.113. The van der Waals surface area contributed by atoms with Gasteiger partial charge in [-0.05, 0) is 63.6 Å². The van der Waals surface area contributed by atoms with Crippen molar-refractivity contribution in [1.82, 2.24) is 20.1 Å². The van der Waals surface area contributed by atoms with Crippen LogP contribution in [0.2, 0.25) is 5.02 Å². The Hall–Kier alpha value is -2.84. The molecule has 0 radical (unpaired) electrons. The summed E-state index contributed by atoms with van der Waals surface area (Å²) < 4.78 is 1.90. The van der Waals surface area contributed by atoms with Crippen molar-refractivity contribution < 1.29 is 9.59 Å². The predicted molar refractivity (Wildman–Crippen MR) is 128 cm³/mol. The first-order valence-electron chi connectivity index (χ1n) is 10.3. The van der Waals surface area contributed by atoms with E-state index in [1.54, 1.807) is 24.3 Å². The third kappa shape index (κ3) is 5.89. The molecule has 0 aliphatic rings. The molecule has 2 amide bonds. The quantitative estimate of drug-likeness (QED) is 0.461. The number of aromatic nitrogens is 3. The zero-order valence-corrected chi connectivity index (χ0v) is 20.0. The zero-order chi connectivity index (χ0) is 23.3. The molecule has 32 heavy (non-hydrogen) atoms. The highest BCUT2D eigenvalue weighted by Crippen LogP contribution is 2.22. The Morgan fingerprint density at radius 2 is 1.84 bits per heavy atom. The second-order valence-electron chi connectivity index (χ2n) is 7.44. The normalized spacial score (nSPS) is 11.8. The van der Waals surface area contributed by atoms with Gasteiger partial charge >= 0.3 is 0 Å². The van der Waals surface area contributed by atoms with E-state index in [-0.39, 0.29) is 23.6 Å². The Kier molecular flexibility index (Phi) is 7.93. The molecule has 3 rings (SSSR count). The molecule has 1 atom stereocenters. The van der Waals surface area contributed by atoms with E-state index in [1.165, 1.54) is 11.8 Å². The van der Waals surface area contributed by atoms with Crippen LogP contribution in [0.25, 0.3) is 0 Å². The maximum absolute atomic E-state index is 12.5. The van der Waals surface area contributed by atoms with E-state index in [2.05, 4.69) is 20.8 Å². The largest absolute Gasteiger partial charge is 0.342 e. The minimum atomic E-state index is -0.357. The number of benzene rings is 2. The Morgan fingerprint density at radius 3 is 2.50 bits per heavy atom. The molecule has 0 fully saturated rings. The molecule has 1 aromatic heterocycles. The molecular formula is C23H26ClN5O2S. The Morgan fingerprint density at radius 1 is 1.12 bits per heavy atom. The average Bonchev–Trinajstić information content (AvgIpc) is 3.17. The first-order valence-corrected chi connectivity index (χ1v) is 11.6. The third-order valence-electron chi connectivity index (χ3n) is 4.89. The van der Waals surface area contributed by atoms with Gasteiger partial charge in [0.1, 0.15) is 0 Å². The molecule has 3 aromatic rings. The number of halogens is 1. The summed E-state index contributed by atoms with van der Waals surface area (Å²) in [6, 6.07) is 12.2. The van der Waals surface area contributed by atoms with Crippen LogP contribution >= 0.6 is 23.4 Å². The van der Waals surface area contributed by atoms with Gasteiger partial charge in [-0.1, -0.05) is 41.1 Å². The summed E-state index contributed by atoms with van der Waals surface area (Å²) in [5, 5.41) is 15.6. The highest BCUT2D eigenvalue weighted by molar-refractivity contribution is 7.99. The molecule has 0 spiro atoms. The first-order chi connectivity index (χ1) is 15.3. The summed E-state index contributed by atoms with van der Waals surface area (Å²) >= 11 is 7.20. The number of amides is 2. The van der Waals surface area contributed by atoms with Crippen LogP contribution in [0.3, 0.4) is 0 Å². The van der Waals surface area contributed by atoms with Gasteiger partial charge in [-0.25, -0.2) is 0 Å². The molecule has 0 unspecified atom stereocenters. The highest BCUT2D eigenvalue weighted by atomic mass is 35.5. The summed E-state index contributed by atoms with van der Waals surface area (Å²) in [4.78, 5) is 24.9. The van der Waals surface area contributed by atoms with Crippen molar-refractivity contribution in [2.45, 2.75) is 45.4 Å². The smallest absolute Gasteiger partial charge is 0.251 e. The number of hydrogen-bond acceptors (Lipinski definition) is 5. The molecule has 0 saturated heterocycles. The van der Waals surface area contributed by atoms with Crippen LogP contribution in [0.1, 0.15) is 47.2 Å². The Labute approximate surface area is 197 Å². The van der Waals surface area contributed by atoms with E-state index >= 15 is 0 Å². The SMILES string of the molecule is CCn1c(SCC(=O)Nc2ccc(C)cc2C)nnc1[C@H](C)NC(=O)c1ccc(Cl)cc1. The summed E-state index contributed by atoms with van der Waals surface area (Å²) in [7, 11) is 0. The van der Waals surface area contributed by atoms with Crippen LogP contribution in [0.5, 0.6) is 0 Å². The number of thioether (sulfide) groups is 1. The fraction of sp³-hybridized carbons (Fsp3) is 0.304. The van der Waals surface area contributed by atoms with E-state index in [1.807, 2.05) is 50.5 Å². The monoisotopic (exact) mass is 471 g/mol. The van der Waals surface area contributed by atoms with Gasteiger partial charge in [-0.2, -0.15) is 0 Å².